The Morgan fingerprint density at radius 2 is 1.05 bits per heavy atom. The molecule has 0 N–H and O–H groups in total. The van der Waals surface area contributed by atoms with Gasteiger partial charge in [0.05, 0.1) is 25.4 Å². The van der Waals surface area contributed by atoms with E-state index in [-0.39, 0.29) is 0 Å². The van der Waals surface area contributed by atoms with E-state index in [9.17, 15) is 0 Å². The highest BCUT2D eigenvalue weighted by atomic mass is 16.5. The standard InChI is InChI=1S/C20H30O2/c1-3-11-19(12-4-1)21-15-17-9-7-8-10-18(17)16-22-20-13-5-2-6-14-20/h7-10,19-20H,1-6,11-16H2. The summed E-state index contributed by atoms with van der Waals surface area (Å²) in [6.07, 6.45) is 14.0. The van der Waals surface area contributed by atoms with Crippen molar-refractivity contribution in [3.63, 3.8) is 0 Å². The molecule has 2 fully saturated rings. The van der Waals surface area contributed by atoms with Gasteiger partial charge in [-0.3, -0.25) is 0 Å². The van der Waals surface area contributed by atoms with Gasteiger partial charge >= 0.3 is 0 Å². The van der Waals surface area contributed by atoms with Gasteiger partial charge in [0.15, 0.2) is 0 Å². The van der Waals surface area contributed by atoms with Gasteiger partial charge in [-0.05, 0) is 36.8 Å². The minimum Gasteiger partial charge on any atom is -0.374 e. The van der Waals surface area contributed by atoms with Crippen molar-refractivity contribution in [2.75, 3.05) is 0 Å². The first-order valence-corrected chi connectivity index (χ1v) is 9.22. The fraction of sp³-hybridized carbons (Fsp3) is 0.700. The molecule has 0 radical (unpaired) electrons. The Labute approximate surface area is 135 Å². The van der Waals surface area contributed by atoms with Crippen LogP contribution in [0.25, 0.3) is 0 Å². The van der Waals surface area contributed by atoms with E-state index in [1.807, 2.05) is 0 Å². The third-order valence-corrected chi connectivity index (χ3v) is 5.17. The molecule has 1 aromatic rings. The van der Waals surface area contributed by atoms with Crippen molar-refractivity contribution in [1.82, 2.24) is 0 Å². The Bertz CT molecular complexity index is 390. The van der Waals surface area contributed by atoms with Gasteiger partial charge in [0.25, 0.3) is 0 Å². The molecule has 0 amide bonds. The first-order chi connectivity index (χ1) is 10.9. The average molecular weight is 302 g/mol. The van der Waals surface area contributed by atoms with E-state index in [1.165, 1.54) is 75.3 Å². The molecule has 2 nitrogen and oxygen atoms in total. The van der Waals surface area contributed by atoms with Crippen molar-refractivity contribution in [2.45, 2.75) is 89.6 Å². The normalized spacial score (nSPS) is 21.1. The van der Waals surface area contributed by atoms with Crippen LogP contribution in [-0.2, 0) is 22.7 Å². The maximum Gasteiger partial charge on any atom is 0.0724 e. The summed E-state index contributed by atoms with van der Waals surface area (Å²) < 4.78 is 12.3. The predicted octanol–water partition coefficient (Wildman–Crippen LogP) is 5.39. The van der Waals surface area contributed by atoms with Crippen LogP contribution >= 0.6 is 0 Å². The summed E-state index contributed by atoms with van der Waals surface area (Å²) in [6, 6.07) is 8.62. The van der Waals surface area contributed by atoms with E-state index in [4.69, 9.17) is 9.47 Å². The summed E-state index contributed by atoms with van der Waals surface area (Å²) in [6.45, 7) is 1.49. The number of benzene rings is 1. The minimum absolute atomic E-state index is 0.473. The van der Waals surface area contributed by atoms with Crippen LogP contribution in [0.1, 0.15) is 75.3 Å². The van der Waals surface area contributed by atoms with Crippen LogP contribution < -0.4 is 0 Å². The molecule has 2 heteroatoms. The van der Waals surface area contributed by atoms with Crippen molar-refractivity contribution in [3.05, 3.63) is 35.4 Å². The molecular formula is C20H30O2. The van der Waals surface area contributed by atoms with Crippen LogP contribution in [0, 0.1) is 0 Å². The lowest BCUT2D eigenvalue weighted by Crippen LogP contribution is -2.18. The molecule has 0 aromatic heterocycles. The Hall–Kier alpha value is -0.860. The highest BCUT2D eigenvalue weighted by Gasteiger charge is 2.16. The molecule has 2 aliphatic rings. The van der Waals surface area contributed by atoms with Crippen LogP contribution in [0.2, 0.25) is 0 Å². The summed E-state index contributed by atoms with van der Waals surface area (Å²) in [4.78, 5) is 0. The van der Waals surface area contributed by atoms with E-state index < -0.39 is 0 Å². The van der Waals surface area contributed by atoms with Gasteiger partial charge in [0.1, 0.15) is 0 Å². The summed E-state index contributed by atoms with van der Waals surface area (Å²) in [5.74, 6) is 0. The van der Waals surface area contributed by atoms with E-state index in [0.717, 1.165) is 13.2 Å². The zero-order chi connectivity index (χ0) is 15.0. The lowest BCUT2D eigenvalue weighted by Gasteiger charge is -2.24. The molecule has 1 aromatic carbocycles. The lowest BCUT2D eigenvalue weighted by atomic mass is 9.97. The topological polar surface area (TPSA) is 18.5 Å². The number of ether oxygens (including phenoxy) is 2. The average Bonchev–Trinajstić information content (AvgIpc) is 2.61. The Kier molecular flexibility index (Phi) is 6.32. The van der Waals surface area contributed by atoms with E-state index in [2.05, 4.69) is 24.3 Å². The zero-order valence-electron chi connectivity index (χ0n) is 13.8. The van der Waals surface area contributed by atoms with Gasteiger partial charge in [0, 0.05) is 0 Å². The Morgan fingerprint density at radius 1 is 0.636 bits per heavy atom. The number of rotatable bonds is 6. The monoisotopic (exact) mass is 302 g/mol. The minimum atomic E-state index is 0.473. The lowest BCUT2D eigenvalue weighted by molar-refractivity contribution is 0.00738. The molecule has 2 saturated carbocycles. The van der Waals surface area contributed by atoms with Crippen molar-refractivity contribution < 1.29 is 9.47 Å². The van der Waals surface area contributed by atoms with E-state index in [1.54, 1.807) is 0 Å². The molecule has 3 rings (SSSR count). The Balaban J connectivity index is 1.50. The largest absolute Gasteiger partial charge is 0.374 e. The summed E-state index contributed by atoms with van der Waals surface area (Å²) in [5.41, 5.74) is 2.62. The van der Waals surface area contributed by atoms with Crippen LogP contribution in [0.3, 0.4) is 0 Å². The van der Waals surface area contributed by atoms with Crippen molar-refractivity contribution in [2.24, 2.45) is 0 Å². The Morgan fingerprint density at radius 3 is 1.45 bits per heavy atom. The second-order valence-corrected chi connectivity index (χ2v) is 6.91. The molecule has 0 saturated heterocycles. The summed E-state index contributed by atoms with van der Waals surface area (Å²) >= 11 is 0. The molecule has 122 valence electrons. The quantitative estimate of drug-likeness (QED) is 0.702. The highest BCUT2D eigenvalue weighted by molar-refractivity contribution is 5.25. The molecular weight excluding hydrogens is 272 g/mol. The second kappa shape index (κ2) is 8.69. The van der Waals surface area contributed by atoms with Crippen LogP contribution in [0.15, 0.2) is 24.3 Å². The molecule has 0 heterocycles. The fourth-order valence-corrected chi connectivity index (χ4v) is 3.72. The summed E-state index contributed by atoms with van der Waals surface area (Å²) in [5, 5.41) is 0. The van der Waals surface area contributed by atoms with Crippen molar-refractivity contribution >= 4 is 0 Å². The molecule has 0 unspecified atom stereocenters. The first-order valence-electron chi connectivity index (χ1n) is 9.22. The summed E-state index contributed by atoms with van der Waals surface area (Å²) in [7, 11) is 0. The van der Waals surface area contributed by atoms with Crippen molar-refractivity contribution in [1.29, 1.82) is 0 Å². The molecule has 0 bridgehead atoms. The molecule has 0 atom stereocenters. The fourth-order valence-electron chi connectivity index (χ4n) is 3.72. The maximum atomic E-state index is 6.15. The van der Waals surface area contributed by atoms with Crippen molar-refractivity contribution in [3.8, 4) is 0 Å². The van der Waals surface area contributed by atoms with Crippen LogP contribution in [0.5, 0.6) is 0 Å². The van der Waals surface area contributed by atoms with Gasteiger partial charge < -0.3 is 9.47 Å². The van der Waals surface area contributed by atoms with Gasteiger partial charge in [-0.25, -0.2) is 0 Å². The smallest absolute Gasteiger partial charge is 0.0724 e. The molecule has 0 aliphatic heterocycles. The third-order valence-electron chi connectivity index (χ3n) is 5.17. The van der Waals surface area contributed by atoms with Gasteiger partial charge in [-0.15, -0.1) is 0 Å². The number of hydrogen-bond acceptors (Lipinski definition) is 2. The zero-order valence-corrected chi connectivity index (χ0v) is 13.8. The second-order valence-electron chi connectivity index (χ2n) is 6.91. The van der Waals surface area contributed by atoms with Gasteiger partial charge in [-0.1, -0.05) is 62.8 Å². The predicted molar refractivity (Wildman–Crippen MR) is 89.8 cm³/mol. The van der Waals surface area contributed by atoms with E-state index in [0.29, 0.717) is 12.2 Å². The first kappa shape index (κ1) is 16.0. The van der Waals surface area contributed by atoms with Crippen LogP contribution in [0.4, 0.5) is 0 Å². The maximum absolute atomic E-state index is 6.15. The van der Waals surface area contributed by atoms with E-state index >= 15 is 0 Å². The molecule has 22 heavy (non-hydrogen) atoms. The molecule has 2 aliphatic carbocycles. The number of hydrogen-bond donors (Lipinski definition) is 0. The third kappa shape index (κ3) is 4.82. The molecule has 0 spiro atoms. The van der Waals surface area contributed by atoms with Crippen LogP contribution in [-0.4, -0.2) is 12.2 Å². The van der Waals surface area contributed by atoms with Gasteiger partial charge in [0.2, 0.25) is 0 Å². The highest BCUT2D eigenvalue weighted by Crippen LogP contribution is 2.24. The SMILES string of the molecule is c1ccc(COC2CCCCC2)c(COC2CCCCC2)c1. The van der Waals surface area contributed by atoms with Gasteiger partial charge in [-0.2, -0.15) is 0 Å².